The molecule has 0 unspecified atom stereocenters. The number of ether oxygens (including phenoxy) is 4. The monoisotopic (exact) mass is 738 g/mol. The molecule has 0 saturated carbocycles. The van der Waals surface area contributed by atoms with Crippen LogP contribution in [0, 0.1) is 13.8 Å². The van der Waals surface area contributed by atoms with Gasteiger partial charge in [0.25, 0.3) is 0 Å². The van der Waals surface area contributed by atoms with Crippen molar-refractivity contribution in [3.63, 3.8) is 0 Å². The minimum atomic E-state index is -1.11. The van der Waals surface area contributed by atoms with Crippen molar-refractivity contribution in [1.29, 1.82) is 0 Å². The highest BCUT2D eigenvalue weighted by Crippen LogP contribution is 2.43. The van der Waals surface area contributed by atoms with E-state index in [-0.39, 0.29) is 0 Å². The zero-order valence-corrected chi connectivity index (χ0v) is 32.7. The SMILES string of the molecule is CCC(CC)(OC(=O)CC(=O)OC(CC)(CC)c1nc2ccccc2c(OCc2ccccc2)c1C)c1nc2ccccc2c(OCc2ccccc2)c1C. The van der Waals surface area contributed by atoms with Crippen LogP contribution in [0.25, 0.3) is 21.8 Å². The molecule has 2 heterocycles. The van der Waals surface area contributed by atoms with Gasteiger partial charge in [-0.1, -0.05) is 113 Å². The van der Waals surface area contributed by atoms with Gasteiger partial charge in [0.05, 0.1) is 22.4 Å². The van der Waals surface area contributed by atoms with Crippen LogP contribution in [0.2, 0.25) is 0 Å². The first kappa shape index (κ1) is 38.9. The van der Waals surface area contributed by atoms with Crippen molar-refractivity contribution in [2.45, 2.75) is 98.1 Å². The van der Waals surface area contributed by atoms with Crippen molar-refractivity contribution in [1.82, 2.24) is 9.97 Å². The summed E-state index contributed by atoms with van der Waals surface area (Å²) in [5.41, 5.74) is 4.10. The number of hydrogen-bond acceptors (Lipinski definition) is 8. The molecule has 8 nitrogen and oxygen atoms in total. The second-order valence-electron chi connectivity index (χ2n) is 13.9. The molecule has 0 aliphatic carbocycles. The third-order valence-corrected chi connectivity index (χ3v) is 10.7. The lowest BCUT2D eigenvalue weighted by atomic mass is 9.88. The molecule has 0 aliphatic heterocycles. The van der Waals surface area contributed by atoms with Gasteiger partial charge in [-0.2, -0.15) is 0 Å². The fourth-order valence-electron chi connectivity index (χ4n) is 7.45. The van der Waals surface area contributed by atoms with Crippen molar-refractivity contribution in [3.05, 3.63) is 143 Å². The van der Waals surface area contributed by atoms with Crippen molar-refractivity contribution < 1.29 is 28.5 Å². The number of aromatic nitrogens is 2. The Hall–Kier alpha value is -5.76. The minimum Gasteiger partial charge on any atom is -0.488 e. The summed E-state index contributed by atoms with van der Waals surface area (Å²) in [6.45, 7) is 12.5. The smallest absolute Gasteiger partial charge is 0.318 e. The van der Waals surface area contributed by atoms with Crippen molar-refractivity contribution in [2.75, 3.05) is 0 Å². The Morgan fingerprint density at radius 3 is 1.22 bits per heavy atom. The number of pyridine rings is 2. The maximum atomic E-state index is 13.8. The van der Waals surface area contributed by atoms with E-state index < -0.39 is 29.6 Å². The van der Waals surface area contributed by atoms with E-state index in [4.69, 9.17) is 28.9 Å². The normalized spacial score (nSPS) is 11.7. The molecule has 2 aromatic heterocycles. The fraction of sp³-hybridized carbons (Fsp3) is 0.319. The van der Waals surface area contributed by atoms with Gasteiger partial charge < -0.3 is 18.9 Å². The number of carbonyl (C=O) groups is 2. The number of rotatable bonds is 16. The van der Waals surface area contributed by atoms with E-state index in [1.165, 1.54) is 0 Å². The third kappa shape index (κ3) is 8.19. The first-order chi connectivity index (χ1) is 26.7. The zero-order valence-electron chi connectivity index (χ0n) is 32.7. The highest BCUT2D eigenvalue weighted by Gasteiger charge is 2.41. The Morgan fingerprint density at radius 2 is 0.855 bits per heavy atom. The van der Waals surface area contributed by atoms with Gasteiger partial charge in [0.1, 0.15) is 31.1 Å². The molecule has 0 spiro atoms. The number of fused-ring (bicyclic) bond motifs is 2. The van der Waals surface area contributed by atoms with Crippen LogP contribution in [0.5, 0.6) is 11.5 Å². The van der Waals surface area contributed by atoms with Gasteiger partial charge in [-0.25, -0.2) is 9.97 Å². The van der Waals surface area contributed by atoms with Gasteiger partial charge >= 0.3 is 11.9 Å². The quantitative estimate of drug-likeness (QED) is 0.0715. The lowest BCUT2D eigenvalue weighted by molar-refractivity contribution is -0.174. The summed E-state index contributed by atoms with van der Waals surface area (Å²) in [6, 6.07) is 35.5. The molecule has 284 valence electrons. The molecule has 0 N–H and O–H groups in total. The van der Waals surface area contributed by atoms with Crippen LogP contribution >= 0.6 is 0 Å². The molecule has 0 atom stereocenters. The van der Waals surface area contributed by atoms with Crippen molar-refractivity contribution >= 4 is 33.7 Å². The number of nitrogens with zero attached hydrogens (tertiary/aromatic N) is 2. The molecule has 4 aromatic carbocycles. The molecule has 8 heteroatoms. The molecule has 0 amide bonds. The van der Waals surface area contributed by atoms with Gasteiger partial charge in [-0.15, -0.1) is 0 Å². The maximum Gasteiger partial charge on any atom is 0.318 e. The first-order valence-electron chi connectivity index (χ1n) is 19.2. The Balaban J connectivity index is 1.27. The summed E-state index contributed by atoms with van der Waals surface area (Å²) in [5.74, 6) is -0.00328. The van der Waals surface area contributed by atoms with E-state index in [1.807, 2.05) is 151 Å². The number of hydrogen-bond donors (Lipinski definition) is 0. The molecule has 0 radical (unpaired) electrons. The number of para-hydroxylation sites is 2. The van der Waals surface area contributed by atoms with Crippen LogP contribution in [-0.4, -0.2) is 21.9 Å². The summed E-state index contributed by atoms with van der Waals surface area (Å²) >= 11 is 0. The lowest BCUT2D eigenvalue weighted by Crippen LogP contribution is -2.36. The topological polar surface area (TPSA) is 96.8 Å². The summed E-state index contributed by atoms with van der Waals surface area (Å²) in [6.07, 6.45) is 1.18. The van der Waals surface area contributed by atoms with E-state index in [1.54, 1.807) is 0 Å². The Kier molecular flexibility index (Phi) is 12.1. The summed E-state index contributed by atoms with van der Waals surface area (Å²) in [7, 11) is 0. The summed E-state index contributed by atoms with van der Waals surface area (Å²) in [4.78, 5) is 37.7. The van der Waals surface area contributed by atoms with E-state index >= 15 is 0 Å². The second-order valence-corrected chi connectivity index (χ2v) is 13.9. The Bertz CT molecular complexity index is 2100. The summed E-state index contributed by atoms with van der Waals surface area (Å²) < 4.78 is 25.5. The predicted molar refractivity (Wildman–Crippen MR) is 216 cm³/mol. The number of esters is 2. The zero-order chi connectivity index (χ0) is 39.0. The molecular formula is C47H50N2O6. The second kappa shape index (κ2) is 17.1. The van der Waals surface area contributed by atoms with Crippen LogP contribution in [0.4, 0.5) is 0 Å². The number of benzene rings is 4. The van der Waals surface area contributed by atoms with Crippen molar-refractivity contribution in [3.8, 4) is 11.5 Å². The van der Waals surface area contributed by atoms with Crippen molar-refractivity contribution in [2.24, 2.45) is 0 Å². The van der Waals surface area contributed by atoms with E-state index in [0.29, 0.717) is 61.8 Å². The molecule has 0 saturated heterocycles. The Labute approximate surface area is 323 Å². The molecular weight excluding hydrogens is 689 g/mol. The van der Waals surface area contributed by atoms with Gasteiger partial charge in [0.2, 0.25) is 0 Å². The molecule has 0 bridgehead atoms. The van der Waals surface area contributed by atoms with Gasteiger partial charge in [0.15, 0.2) is 11.2 Å². The average Bonchev–Trinajstić information content (AvgIpc) is 3.22. The van der Waals surface area contributed by atoms with E-state index in [9.17, 15) is 9.59 Å². The van der Waals surface area contributed by atoms with E-state index in [0.717, 1.165) is 44.1 Å². The first-order valence-corrected chi connectivity index (χ1v) is 19.2. The third-order valence-electron chi connectivity index (χ3n) is 10.7. The van der Waals surface area contributed by atoms with Crippen LogP contribution in [0.15, 0.2) is 109 Å². The standard InChI is InChI=1S/C47H50N2O6/c1-7-46(8-2,44-32(5)42(36-25-17-19-27-38(36)48-44)52-30-34-21-13-11-14-22-34)54-40(50)29-41(51)55-47(9-3,10-4)45-33(6)43(37-26-18-20-28-39(37)49-45)53-31-35-23-15-12-16-24-35/h11-28H,7-10,29-31H2,1-6H3. The Morgan fingerprint density at radius 1 is 0.509 bits per heavy atom. The largest absolute Gasteiger partial charge is 0.488 e. The lowest BCUT2D eigenvalue weighted by Gasteiger charge is -2.34. The summed E-state index contributed by atoms with van der Waals surface area (Å²) in [5, 5.41) is 1.75. The number of carbonyl (C=O) groups excluding carboxylic acids is 2. The molecule has 0 fully saturated rings. The van der Waals surface area contributed by atoms with Crippen LogP contribution in [-0.2, 0) is 43.5 Å². The molecule has 6 aromatic rings. The van der Waals surface area contributed by atoms with Crippen LogP contribution in [0.1, 0.15) is 93.4 Å². The highest BCUT2D eigenvalue weighted by atomic mass is 16.6. The minimum absolute atomic E-state index is 0.370. The van der Waals surface area contributed by atoms with Crippen LogP contribution < -0.4 is 9.47 Å². The fourth-order valence-corrected chi connectivity index (χ4v) is 7.45. The molecule has 6 rings (SSSR count). The van der Waals surface area contributed by atoms with Crippen LogP contribution in [0.3, 0.4) is 0 Å². The van der Waals surface area contributed by atoms with Gasteiger partial charge in [-0.3, -0.25) is 9.59 Å². The molecule has 0 aliphatic rings. The highest BCUT2D eigenvalue weighted by molar-refractivity contribution is 5.92. The molecule has 55 heavy (non-hydrogen) atoms. The maximum absolute atomic E-state index is 13.8. The van der Waals surface area contributed by atoms with Gasteiger partial charge in [0, 0.05) is 21.9 Å². The van der Waals surface area contributed by atoms with Gasteiger partial charge in [-0.05, 0) is 74.9 Å². The average molecular weight is 739 g/mol. The predicted octanol–water partition coefficient (Wildman–Crippen LogP) is 10.8. The van der Waals surface area contributed by atoms with E-state index in [2.05, 4.69) is 0 Å².